The van der Waals surface area contributed by atoms with Gasteiger partial charge in [0.1, 0.15) is 6.54 Å². The molecule has 0 saturated carbocycles. The van der Waals surface area contributed by atoms with Gasteiger partial charge in [-0.3, -0.25) is 14.4 Å². The number of para-hydroxylation sites is 1. The van der Waals surface area contributed by atoms with Gasteiger partial charge in [-0.15, -0.1) is 0 Å². The number of aryl methyl sites for hydroxylation is 1. The van der Waals surface area contributed by atoms with Crippen molar-refractivity contribution in [2.24, 2.45) is 12.8 Å². The maximum absolute atomic E-state index is 13.5. The number of amides is 3. The zero-order valence-electron chi connectivity index (χ0n) is 18.7. The summed E-state index contributed by atoms with van der Waals surface area (Å²) < 4.78 is 2.14. The highest BCUT2D eigenvalue weighted by molar-refractivity contribution is 6.04. The van der Waals surface area contributed by atoms with Crippen LogP contribution in [0.3, 0.4) is 0 Å². The third kappa shape index (κ3) is 3.51. The molecule has 0 spiro atoms. The topological polar surface area (TPSA) is 97.4 Å². The van der Waals surface area contributed by atoms with Gasteiger partial charge < -0.3 is 20.5 Å². The number of benzene rings is 3. The van der Waals surface area contributed by atoms with Crippen molar-refractivity contribution in [2.75, 3.05) is 13.1 Å². The van der Waals surface area contributed by atoms with Gasteiger partial charge in [0.25, 0.3) is 5.91 Å². The highest BCUT2D eigenvalue weighted by atomic mass is 16.2. The Morgan fingerprint density at radius 2 is 1.62 bits per heavy atom. The second kappa shape index (κ2) is 8.51. The predicted octanol–water partition coefficient (Wildman–Crippen LogP) is 2.99. The number of rotatable bonds is 6. The van der Waals surface area contributed by atoms with E-state index >= 15 is 0 Å². The number of carbonyl (C=O) groups is 3. The van der Waals surface area contributed by atoms with Crippen LogP contribution in [0.4, 0.5) is 0 Å². The molecule has 3 N–H and O–H groups in total. The van der Waals surface area contributed by atoms with Crippen molar-refractivity contribution in [3.8, 4) is 11.3 Å². The SMILES string of the molecule is Cn1c(-c2ccccc2)c([C@@H]2c3ccccc3C(=O)N2CC(=O)NCC(N)=O)c2ccccc21. The van der Waals surface area contributed by atoms with Crippen LogP contribution in [-0.2, 0) is 16.6 Å². The summed E-state index contributed by atoms with van der Waals surface area (Å²) in [7, 11) is 2.01. The number of nitrogens with one attached hydrogen (secondary N) is 1. The lowest BCUT2D eigenvalue weighted by molar-refractivity contribution is -0.125. The molecule has 7 nitrogen and oxygen atoms in total. The van der Waals surface area contributed by atoms with Crippen molar-refractivity contribution >= 4 is 28.6 Å². The first-order chi connectivity index (χ1) is 16.5. The van der Waals surface area contributed by atoms with Crippen molar-refractivity contribution in [3.05, 3.63) is 95.6 Å². The molecule has 0 radical (unpaired) electrons. The van der Waals surface area contributed by atoms with Gasteiger partial charge in [0.15, 0.2) is 0 Å². The van der Waals surface area contributed by atoms with E-state index in [1.807, 2.05) is 73.8 Å². The lowest BCUT2D eigenvalue weighted by atomic mass is 9.93. The number of nitrogens with zero attached hydrogens (tertiary/aromatic N) is 2. The number of carbonyl (C=O) groups excluding carboxylic acids is 3. The normalized spacial score (nSPS) is 14.9. The number of aromatic nitrogens is 1. The lowest BCUT2D eigenvalue weighted by Gasteiger charge is -2.26. The van der Waals surface area contributed by atoms with Gasteiger partial charge in [0, 0.05) is 29.1 Å². The third-order valence-electron chi connectivity index (χ3n) is 6.30. The average molecular weight is 453 g/mol. The molecule has 170 valence electrons. The van der Waals surface area contributed by atoms with Crippen molar-refractivity contribution in [2.45, 2.75) is 6.04 Å². The summed E-state index contributed by atoms with van der Waals surface area (Å²) in [5.41, 5.74) is 10.6. The first kappa shape index (κ1) is 21.5. The fourth-order valence-corrected chi connectivity index (χ4v) is 4.89. The Morgan fingerprint density at radius 1 is 0.941 bits per heavy atom. The standard InChI is InChI=1S/C27H24N4O3/c1-30-21-14-8-7-13-20(21)24(25(30)17-9-3-2-4-10-17)26-18-11-5-6-12-19(18)27(34)31(26)16-23(33)29-15-22(28)32/h2-14,26H,15-16H2,1H3,(H2,28,32)(H,29,33)/t26-/m0/s1. The Hall–Kier alpha value is -4.39. The van der Waals surface area contributed by atoms with Crippen LogP contribution in [0, 0.1) is 0 Å². The van der Waals surface area contributed by atoms with Crippen LogP contribution in [0.2, 0.25) is 0 Å². The van der Waals surface area contributed by atoms with Crippen molar-refractivity contribution in [3.63, 3.8) is 0 Å². The Labute approximate surface area is 196 Å². The molecule has 1 aromatic heterocycles. The Morgan fingerprint density at radius 3 is 2.38 bits per heavy atom. The molecule has 0 saturated heterocycles. The van der Waals surface area contributed by atoms with E-state index in [1.165, 1.54) is 0 Å². The first-order valence-electron chi connectivity index (χ1n) is 11.0. The van der Waals surface area contributed by atoms with E-state index in [1.54, 1.807) is 11.0 Å². The smallest absolute Gasteiger partial charge is 0.255 e. The predicted molar refractivity (Wildman–Crippen MR) is 130 cm³/mol. The van der Waals surface area contributed by atoms with Gasteiger partial charge in [0.05, 0.1) is 18.3 Å². The minimum absolute atomic E-state index is 0.192. The summed E-state index contributed by atoms with van der Waals surface area (Å²) >= 11 is 0. The summed E-state index contributed by atoms with van der Waals surface area (Å²) in [5.74, 6) is -1.30. The quantitative estimate of drug-likeness (QED) is 0.471. The second-order valence-electron chi connectivity index (χ2n) is 8.37. The van der Waals surface area contributed by atoms with Crippen molar-refractivity contribution in [1.82, 2.24) is 14.8 Å². The maximum Gasteiger partial charge on any atom is 0.255 e. The number of primary amides is 1. The molecule has 3 amide bonds. The van der Waals surface area contributed by atoms with Crippen LogP contribution in [0.15, 0.2) is 78.9 Å². The Bertz CT molecular complexity index is 1420. The minimum atomic E-state index is -0.638. The molecule has 4 aromatic rings. The molecular formula is C27H24N4O3. The molecule has 0 bridgehead atoms. The van der Waals surface area contributed by atoms with Crippen LogP contribution in [0.1, 0.15) is 27.5 Å². The van der Waals surface area contributed by atoms with E-state index in [4.69, 9.17) is 5.73 Å². The van der Waals surface area contributed by atoms with Gasteiger partial charge in [-0.2, -0.15) is 0 Å². The molecule has 1 aliphatic heterocycles. The van der Waals surface area contributed by atoms with Crippen LogP contribution in [0.5, 0.6) is 0 Å². The molecule has 0 aliphatic carbocycles. The van der Waals surface area contributed by atoms with E-state index in [-0.39, 0.29) is 19.0 Å². The van der Waals surface area contributed by atoms with E-state index in [0.717, 1.165) is 33.3 Å². The maximum atomic E-state index is 13.5. The Balaban J connectivity index is 1.72. The van der Waals surface area contributed by atoms with Gasteiger partial charge in [-0.05, 0) is 23.3 Å². The van der Waals surface area contributed by atoms with Crippen LogP contribution in [0.25, 0.3) is 22.2 Å². The van der Waals surface area contributed by atoms with Gasteiger partial charge >= 0.3 is 0 Å². The number of hydrogen-bond acceptors (Lipinski definition) is 3. The number of hydrogen-bond donors (Lipinski definition) is 2. The second-order valence-corrected chi connectivity index (χ2v) is 8.37. The molecule has 0 fully saturated rings. The van der Waals surface area contributed by atoms with Crippen molar-refractivity contribution < 1.29 is 14.4 Å². The fraction of sp³-hybridized carbons (Fsp3) is 0.148. The molecule has 34 heavy (non-hydrogen) atoms. The largest absolute Gasteiger partial charge is 0.368 e. The molecule has 1 aliphatic rings. The molecular weight excluding hydrogens is 428 g/mol. The molecule has 5 rings (SSSR count). The highest BCUT2D eigenvalue weighted by Crippen LogP contribution is 2.46. The fourth-order valence-electron chi connectivity index (χ4n) is 4.89. The van der Waals surface area contributed by atoms with Crippen LogP contribution < -0.4 is 11.1 Å². The molecule has 0 unspecified atom stereocenters. The zero-order valence-corrected chi connectivity index (χ0v) is 18.7. The van der Waals surface area contributed by atoms with Crippen molar-refractivity contribution in [1.29, 1.82) is 0 Å². The molecule has 2 heterocycles. The summed E-state index contributed by atoms with van der Waals surface area (Å²) in [5, 5.41) is 3.52. The summed E-state index contributed by atoms with van der Waals surface area (Å²) in [6.07, 6.45) is 0. The lowest BCUT2D eigenvalue weighted by Crippen LogP contribution is -2.42. The van der Waals surface area contributed by atoms with Gasteiger partial charge in [0.2, 0.25) is 11.8 Å². The van der Waals surface area contributed by atoms with Crippen LogP contribution >= 0.6 is 0 Å². The molecule has 3 aromatic carbocycles. The zero-order chi connectivity index (χ0) is 23.8. The average Bonchev–Trinajstić information content (AvgIpc) is 3.29. The summed E-state index contributed by atoms with van der Waals surface area (Å²) in [4.78, 5) is 38.9. The van der Waals surface area contributed by atoms with Gasteiger partial charge in [-0.1, -0.05) is 66.7 Å². The van der Waals surface area contributed by atoms with Crippen LogP contribution in [-0.4, -0.2) is 40.3 Å². The van der Waals surface area contributed by atoms with E-state index in [2.05, 4.69) is 16.0 Å². The highest BCUT2D eigenvalue weighted by Gasteiger charge is 2.41. The van der Waals surface area contributed by atoms with E-state index in [9.17, 15) is 14.4 Å². The van der Waals surface area contributed by atoms with E-state index < -0.39 is 17.9 Å². The third-order valence-corrected chi connectivity index (χ3v) is 6.30. The monoisotopic (exact) mass is 452 g/mol. The summed E-state index contributed by atoms with van der Waals surface area (Å²) in [6, 6.07) is 25.1. The van der Waals surface area contributed by atoms with E-state index in [0.29, 0.717) is 5.56 Å². The molecule has 1 atom stereocenters. The molecule has 7 heteroatoms. The first-order valence-corrected chi connectivity index (χ1v) is 11.0. The Kier molecular flexibility index (Phi) is 5.37. The number of fused-ring (bicyclic) bond motifs is 2. The number of nitrogens with two attached hydrogens (primary N) is 1. The summed E-state index contributed by atoms with van der Waals surface area (Å²) in [6.45, 7) is -0.467. The van der Waals surface area contributed by atoms with Gasteiger partial charge in [-0.25, -0.2) is 0 Å². The minimum Gasteiger partial charge on any atom is -0.368 e.